The molecule has 0 saturated heterocycles. The molecule has 0 radical (unpaired) electrons. The van der Waals surface area contributed by atoms with E-state index in [2.05, 4.69) is 29.4 Å². The standard InChI is InChI=1S/C17H18N2O/c1-17(16-18-12-13-19-16,14-8-4-2-5-9-14)20-15-10-6-3-7-11-15/h2-11H,12-13H2,1H3,(H,18,19). The predicted octanol–water partition coefficient (Wildman–Crippen LogP) is 2.98. The smallest absolute Gasteiger partial charge is 0.187 e. The molecule has 20 heavy (non-hydrogen) atoms. The van der Waals surface area contributed by atoms with E-state index in [0.717, 1.165) is 30.2 Å². The van der Waals surface area contributed by atoms with Crippen LogP contribution in [0.4, 0.5) is 0 Å². The van der Waals surface area contributed by atoms with Crippen molar-refractivity contribution >= 4 is 5.84 Å². The molecule has 0 aromatic heterocycles. The van der Waals surface area contributed by atoms with Crippen molar-refractivity contribution in [1.29, 1.82) is 0 Å². The minimum Gasteiger partial charge on any atom is -0.475 e. The molecule has 0 bridgehead atoms. The number of hydrogen-bond acceptors (Lipinski definition) is 3. The van der Waals surface area contributed by atoms with E-state index in [1.165, 1.54) is 0 Å². The topological polar surface area (TPSA) is 33.6 Å². The second-order valence-corrected chi connectivity index (χ2v) is 4.97. The van der Waals surface area contributed by atoms with Gasteiger partial charge in [-0.2, -0.15) is 0 Å². The molecular weight excluding hydrogens is 248 g/mol. The normalized spacial score (nSPS) is 16.9. The molecule has 1 aliphatic rings. The third-order valence-corrected chi connectivity index (χ3v) is 3.52. The molecular formula is C17H18N2O. The largest absolute Gasteiger partial charge is 0.475 e. The molecule has 1 aliphatic heterocycles. The summed E-state index contributed by atoms with van der Waals surface area (Å²) in [6, 6.07) is 20.1. The zero-order valence-electron chi connectivity index (χ0n) is 11.5. The number of nitrogens with zero attached hydrogens (tertiary/aromatic N) is 1. The van der Waals surface area contributed by atoms with Crippen molar-refractivity contribution in [3.8, 4) is 5.75 Å². The first-order chi connectivity index (χ1) is 9.79. The van der Waals surface area contributed by atoms with Gasteiger partial charge in [0.25, 0.3) is 0 Å². The van der Waals surface area contributed by atoms with E-state index in [-0.39, 0.29) is 0 Å². The maximum Gasteiger partial charge on any atom is 0.187 e. The molecule has 3 nitrogen and oxygen atoms in total. The molecule has 0 spiro atoms. The van der Waals surface area contributed by atoms with Gasteiger partial charge < -0.3 is 10.1 Å². The summed E-state index contributed by atoms with van der Waals surface area (Å²) in [7, 11) is 0. The highest BCUT2D eigenvalue weighted by Crippen LogP contribution is 2.29. The quantitative estimate of drug-likeness (QED) is 0.923. The van der Waals surface area contributed by atoms with Gasteiger partial charge in [0.2, 0.25) is 0 Å². The van der Waals surface area contributed by atoms with Crippen molar-refractivity contribution in [3.05, 3.63) is 66.2 Å². The summed E-state index contributed by atoms with van der Waals surface area (Å²) in [4.78, 5) is 4.56. The van der Waals surface area contributed by atoms with E-state index >= 15 is 0 Å². The van der Waals surface area contributed by atoms with Crippen molar-refractivity contribution in [2.75, 3.05) is 13.1 Å². The number of para-hydroxylation sites is 1. The van der Waals surface area contributed by atoms with E-state index in [9.17, 15) is 0 Å². The van der Waals surface area contributed by atoms with Gasteiger partial charge in [0.1, 0.15) is 11.6 Å². The fourth-order valence-electron chi connectivity index (χ4n) is 2.44. The van der Waals surface area contributed by atoms with Crippen LogP contribution in [0.1, 0.15) is 12.5 Å². The fourth-order valence-corrected chi connectivity index (χ4v) is 2.44. The van der Waals surface area contributed by atoms with E-state index in [4.69, 9.17) is 4.74 Å². The molecule has 0 amide bonds. The van der Waals surface area contributed by atoms with Gasteiger partial charge in [0, 0.05) is 12.1 Å². The minimum absolute atomic E-state index is 0.584. The number of amidine groups is 1. The molecule has 2 aromatic carbocycles. The van der Waals surface area contributed by atoms with Crippen molar-refractivity contribution in [3.63, 3.8) is 0 Å². The average molecular weight is 266 g/mol. The number of hydrogen-bond donors (Lipinski definition) is 1. The van der Waals surface area contributed by atoms with Crippen molar-refractivity contribution in [1.82, 2.24) is 5.32 Å². The number of aliphatic imine (C=N–C) groups is 1. The summed E-state index contributed by atoms with van der Waals surface area (Å²) in [5.74, 6) is 1.74. The third-order valence-electron chi connectivity index (χ3n) is 3.52. The highest BCUT2D eigenvalue weighted by atomic mass is 16.5. The molecule has 0 fully saturated rings. The van der Waals surface area contributed by atoms with Crippen molar-refractivity contribution < 1.29 is 4.74 Å². The Bertz CT molecular complexity index is 595. The molecule has 1 unspecified atom stereocenters. The summed E-state index contributed by atoms with van der Waals surface area (Å²) in [6.45, 7) is 3.73. The Morgan fingerprint density at radius 1 is 1.00 bits per heavy atom. The lowest BCUT2D eigenvalue weighted by molar-refractivity contribution is 0.159. The monoisotopic (exact) mass is 266 g/mol. The number of benzene rings is 2. The summed E-state index contributed by atoms with van der Waals surface area (Å²) in [5, 5.41) is 3.34. The van der Waals surface area contributed by atoms with Crippen LogP contribution >= 0.6 is 0 Å². The Morgan fingerprint density at radius 3 is 2.25 bits per heavy atom. The molecule has 2 aromatic rings. The van der Waals surface area contributed by atoms with Crippen LogP contribution in [0.25, 0.3) is 0 Å². The van der Waals surface area contributed by atoms with Crippen LogP contribution in [0, 0.1) is 0 Å². The van der Waals surface area contributed by atoms with Crippen molar-refractivity contribution in [2.45, 2.75) is 12.5 Å². The van der Waals surface area contributed by atoms with E-state index < -0.39 is 5.60 Å². The molecule has 0 saturated carbocycles. The van der Waals surface area contributed by atoms with Crippen molar-refractivity contribution in [2.24, 2.45) is 4.99 Å². The number of ether oxygens (including phenoxy) is 1. The molecule has 102 valence electrons. The lowest BCUT2D eigenvalue weighted by Gasteiger charge is -2.31. The molecule has 1 heterocycles. The predicted molar refractivity (Wildman–Crippen MR) is 81.2 cm³/mol. The second kappa shape index (κ2) is 5.37. The molecule has 3 rings (SSSR count). The zero-order chi connectivity index (χ0) is 13.8. The van der Waals surface area contributed by atoms with Gasteiger partial charge in [0.15, 0.2) is 5.60 Å². The molecule has 0 aliphatic carbocycles. The van der Waals surface area contributed by atoms with Gasteiger partial charge in [0.05, 0.1) is 6.54 Å². The maximum atomic E-state index is 6.28. The Morgan fingerprint density at radius 2 is 1.65 bits per heavy atom. The molecule has 1 atom stereocenters. The Balaban J connectivity index is 2.00. The molecule has 3 heteroatoms. The molecule has 1 N–H and O–H groups in total. The van der Waals surface area contributed by atoms with Gasteiger partial charge in [-0.1, -0.05) is 48.5 Å². The van der Waals surface area contributed by atoms with Crippen LogP contribution in [-0.4, -0.2) is 18.9 Å². The van der Waals surface area contributed by atoms with Crippen LogP contribution in [0.5, 0.6) is 5.75 Å². The number of nitrogens with one attached hydrogen (secondary N) is 1. The van der Waals surface area contributed by atoms with Crippen LogP contribution in [0.15, 0.2) is 65.7 Å². The van der Waals surface area contributed by atoms with Gasteiger partial charge in [-0.05, 0) is 19.1 Å². The maximum absolute atomic E-state index is 6.28. The van der Waals surface area contributed by atoms with Crippen LogP contribution < -0.4 is 10.1 Å². The minimum atomic E-state index is -0.584. The summed E-state index contributed by atoms with van der Waals surface area (Å²) >= 11 is 0. The third kappa shape index (κ3) is 2.39. The van der Waals surface area contributed by atoms with Crippen LogP contribution in [0.3, 0.4) is 0 Å². The summed E-state index contributed by atoms with van der Waals surface area (Å²) < 4.78 is 6.28. The van der Waals surface area contributed by atoms with Gasteiger partial charge in [-0.15, -0.1) is 0 Å². The number of rotatable bonds is 4. The second-order valence-electron chi connectivity index (χ2n) is 4.97. The highest BCUT2D eigenvalue weighted by molar-refractivity contribution is 5.92. The van der Waals surface area contributed by atoms with E-state index in [1.807, 2.05) is 48.5 Å². The highest BCUT2D eigenvalue weighted by Gasteiger charge is 2.36. The van der Waals surface area contributed by atoms with Crippen LogP contribution in [-0.2, 0) is 5.60 Å². The summed E-state index contributed by atoms with van der Waals surface area (Å²) in [5.41, 5.74) is 0.510. The SMILES string of the molecule is CC(Oc1ccccc1)(C1=NCCN1)c1ccccc1. The average Bonchev–Trinajstić information content (AvgIpc) is 3.04. The Hall–Kier alpha value is -2.29. The van der Waals surface area contributed by atoms with Gasteiger partial charge in [-0.3, -0.25) is 4.99 Å². The zero-order valence-corrected chi connectivity index (χ0v) is 11.5. The lowest BCUT2D eigenvalue weighted by Crippen LogP contribution is -2.44. The first kappa shape index (κ1) is 12.7. The fraction of sp³-hybridized carbons (Fsp3) is 0.235. The van der Waals surface area contributed by atoms with Gasteiger partial charge in [-0.25, -0.2) is 0 Å². The Labute approximate surface area is 119 Å². The summed E-state index contributed by atoms with van der Waals surface area (Å²) in [6.07, 6.45) is 0. The first-order valence-electron chi connectivity index (χ1n) is 6.87. The Kier molecular flexibility index (Phi) is 3.42. The first-order valence-corrected chi connectivity index (χ1v) is 6.87. The lowest BCUT2D eigenvalue weighted by atomic mass is 9.94. The van der Waals surface area contributed by atoms with Gasteiger partial charge >= 0.3 is 0 Å². The van der Waals surface area contributed by atoms with E-state index in [0.29, 0.717) is 0 Å². The van der Waals surface area contributed by atoms with E-state index in [1.54, 1.807) is 0 Å². The van der Waals surface area contributed by atoms with Crippen LogP contribution in [0.2, 0.25) is 0 Å².